The Balaban J connectivity index is 1.99. The first-order valence-corrected chi connectivity index (χ1v) is 8.44. The van der Waals surface area contributed by atoms with E-state index in [0.717, 1.165) is 12.4 Å². The molecule has 108 valence electrons. The third kappa shape index (κ3) is 3.76. The fourth-order valence-electron chi connectivity index (χ4n) is 2.43. The molecule has 1 fully saturated rings. The van der Waals surface area contributed by atoms with Crippen LogP contribution in [-0.4, -0.2) is 45.9 Å². The zero-order valence-electron chi connectivity index (χ0n) is 11.4. The van der Waals surface area contributed by atoms with Crippen molar-refractivity contribution < 1.29 is 13.5 Å². The van der Waals surface area contributed by atoms with Crippen molar-refractivity contribution in [2.75, 3.05) is 11.5 Å². The van der Waals surface area contributed by atoms with Crippen molar-refractivity contribution >= 4 is 9.84 Å². The number of nitrogens with zero attached hydrogens (tertiary/aromatic N) is 3. The number of aliphatic hydroxyl groups is 1. The molecule has 19 heavy (non-hydrogen) atoms. The number of hydrogen-bond donors (Lipinski definition) is 1. The van der Waals surface area contributed by atoms with Gasteiger partial charge < -0.3 is 5.11 Å². The van der Waals surface area contributed by atoms with E-state index < -0.39 is 15.9 Å². The SMILES string of the molecule is CC(C)Cn1ncnc1CC(O)C1CCS(=O)(=O)C1. The van der Waals surface area contributed by atoms with Crippen molar-refractivity contribution in [3.05, 3.63) is 12.2 Å². The van der Waals surface area contributed by atoms with Gasteiger partial charge in [-0.15, -0.1) is 0 Å². The van der Waals surface area contributed by atoms with Gasteiger partial charge in [0.2, 0.25) is 0 Å². The monoisotopic (exact) mass is 287 g/mol. The highest BCUT2D eigenvalue weighted by Crippen LogP contribution is 2.23. The summed E-state index contributed by atoms with van der Waals surface area (Å²) in [4.78, 5) is 4.16. The summed E-state index contributed by atoms with van der Waals surface area (Å²) in [5, 5.41) is 14.3. The van der Waals surface area contributed by atoms with Crippen LogP contribution < -0.4 is 0 Å². The van der Waals surface area contributed by atoms with E-state index in [1.54, 1.807) is 4.68 Å². The van der Waals surface area contributed by atoms with E-state index in [1.807, 2.05) is 0 Å². The lowest BCUT2D eigenvalue weighted by atomic mass is 9.99. The van der Waals surface area contributed by atoms with Crippen LogP contribution in [0.2, 0.25) is 0 Å². The molecular weight excluding hydrogens is 266 g/mol. The average Bonchev–Trinajstić information content (AvgIpc) is 2.85. The first-order chi connectivity index (χ1) is 8.87. The van der Waals surface area contributed by atoms with E-state index in [9.17, 15) is 13.5 Å². The van der Waals surface area contributed by atoms with E-state index in [2.05, 4.69) is 23.9 Å². The molecule has 1 aliphatic heterocycles. The summed E-state index contributed by atoms with van der Waals surface area (Å²) in [5.74, 6) is 1.28. The molecule has 1 aromatic heterocycles. The topological polar surface area (TPSA) is 85.1 Å². The number of aliphatic hydroxyl groups excluding tert-OH is 1. The summed E-state index contributed by atoms with van der Waals surface area (Å²) in [5.41, 5.74) is 0. The van der Waals surface area contributed by atoms with Gasteiger partial charge >= 0.3 is 0 Å². The summed E-state index contributed by atoms with van der Waals surface area (Å²) in [6, 6.07) is 0. The van der Waals surface area contributed by atoms with E-state index in [1.165, 1.54) is 6.33 Å². The van der Waals surface area contributed by atoms with Crippen molar-refractivity contribution in [3.63, 3.8) is 0 Å². The minimum atomic E-state index is -2.95. The zero-order chi connectivity index (χ0) is 14.0. The molecule has 0 aromatic carbocycles. The van der Waals surface area contributed by atoms with E-state index >= 15 is 0 Å². The summed E-state index contributed by atoms with van der Waals surface area (Å²) >= 11 is 0. The highest BCUT2D eigenvalue weighted by molar-refractivity contribution is 7.91. The maximum absolute atomic E-state index is 11.4. The van der Waals surface area contributed by atoms with Crippen LogP contribution in [-0.2, 0) is 22.8 Å². The number of sulfone groups is 1. The number of hydrogen-bond acceptors (Lipinski definition) is 5. The minimum absolute atomic E-state index is 0.0898. The number of rotatable bonds is 5. The van der Waals surface area contributed by atoms with E-state index in [4.69, 9.17) is 0 Å². The third-order valence-corrected chi connectivity index (χ3v) is 5.23. The molecule has 0 bridgehead atoms. The first-order valence-electron chi connectivity index (χ1n) is 6.62. The van der Waals surface area contributed by atoms with Crippen LogP contribution in [0.1, 0.15) is 26.1 Å². The van der Waals surface area contributed by atoms with Crippen molar-refractivity contribution in [2.45, 2.75) is 39.3 Å². The molecule has 2 heterocycles. The lowest BCUT2D eigenvalue weighted by molar-refractivity contribution is 0.116. The first kappa shape index (κ1) is 14.5. The molecule has 0 spiro atoms. The van der Waals surface area contributed by atoms with Crippen LogP contribution in [0.4, 0.5) is 0 Å². The van der Waals surface area contributed by atoms with Crippen molar-refractivity contribution in [2.24, 2.45) is 11.8 Å². The molecule has 0 aliphatic carbocycles. The second-order valence-corrected chi connectivity index (χ2v) is 7.92. The Labute approximate surface area is 113 Å². The Morgan fingerprint density at radius 1 is 1.53 bits per heavy atom. The third-order valence-electron chi connectivity index (χ3n) is 3.44. The van der Waals surface area contributed by atoms with E-state index in [-0.39, 0.29) is 17.4 Å². The van der Waals surface area contributed by atoms with Gasteiger partial charge in [-0.1, -0.05) is 13.8 Å². The van der Waals surface area contributed by atoms with Gasteiger partial charge in [-0.05, 0) is 12.3 Å². The molecule has 0 radical (unpaired) electrons. The fraction of sp³-hybridized carbons (Fsp3) is 0.833. The summed E-state index contributed by atoms with van der Waals surface area (Å²) < 4.78 is 24.6. The standard InChI is InChI=1S/C12H21N3O3S/c1-9(2)6-15-12(13-8-14-15)5-11(16)10-3-4-19(17,18)7-10/h8-11,16H,3-7H2,1-2H3. The fourth-order valence-corrected chi connectivity index (χ4v) is 4.30. The van der Waals surface area contributed by atoms with Gasteiger partial charge in [0.05, 0.1) is 17.6 Å². The zero-order valence-corrected chi connectivity index (χ0v) is 12.2. The second kappa shape index (κ2) is 5.58. The highest BCUT2D eigenvalue weighted by Gasteiger charge is 2.33. The minimum Gasteiger partial charge on any atom is -0.392 e. The lowest BCUT2D eigenvalue weighted by Gasteiger charge is -2.17. The molecule has 2 unspecified atom stereocenters. The van der Waals surface area contributed by atoms with Gasteiger partial charge in [0.25, 0.3) is 0 Å². The molecule has 1 N–H and O–H groups in total. The van der Waals surface area contributed by atoms with Gasteiger partial charge in [-0.2, -0.15) is 5.10 Å². The second-order valence-electron chi connectivity index (χ2n) is 5.69. The van der Waals surface area contributed by atoms with Gasteiger partial charge in [0.1, 0.15) is 12.2 Å². The molecule has 1 aliphatic rings. The molecule has 2 atom stereocenters. The Morgan fingerprint density at radius 3 is 2.84 bits per heavy atom. The normalized spacial score (nSPS) is 23.9. The van der Waals surface area contributed by atoms with Gasteiger partial charge in [-0.3, -0.25) is 0 Å². The van der Waals surface area contributed by atoms with Gasteiger partial charge in [0, 0.05) is 18.9 Å². The lowest BCUT2D eigenvalue weighted by Crippen LogP contribution is -2.26. The van der Waals surface area contributed by atoms with E-state index in [0.29, 0.717) is 18.8 Å². The summed E-state index contributed by atoms with van der Waals surface area (Å²) in [6.07, 6.45) is 1.73. The predicted molar refractivity (Wildman–Crippen MR) is 71.3 cm³/mol. The molecule has 1 saturated heterocycles. The largest absolute Gasteiger partial charge is 0.392 e. The Kier molecular flexibility index (Phi) is 4.25. The smallest absolute Gasteiger partial charge is 0.150 e. The molecule has 0 amide bonds. The molecule has 1 aromatic rings. The Hall–Kier alpha value is -0.950. The molecule has 0 saturated carbocycles. The van der Waals surface area contributed by atoms with Crippen LogP contribution in [0.5, 0.6) is 0 Å². The van der Waals surface area contributed by atoms with Crippen LogP contribution in [0.3, 0.4) is 0 Å². The summed E-state index contributed by atoms with van der Waals surface area (Å²) in [6.45, 7) is 4.93. The molecule has 2 rings (SSSR count). The average molecular weight is 287 g/mol. The van der Waals surface area contributed by atoms with Crippen molar-refractivity contribution in [1.29, 1.82) is 0 Å². The van der Waals surface area contributed by atoms with Crippen LogP contribution in [0.15, 0.2) is 6.33 Å². The Morgan fingerprint density at radius 2 is 2.26 bits per heavy atom. The van der Waals surface area contributed by atoms with Gasteiger partial charge in [-0.25, -0.2) is 18.1 Å². The van der Waals surface area contributed by atoms with Crippen LogP contribution in [0.25, 0.3) is 0 Å². The number of aromatic nitrogens is 3. The van der Waals surface area contributed by atoms with Crippen molar-refractivity contribution in [3.8, 4) is 0 Å². The maximum atomic E-state index is 11.4. The summed E-state index contributed by atoms with van der Waals surface area (Å²) in [7, 11) is -2.95. The predicted octanol–water partition coefficient (Wildman–Crippen LogP) is 0.272. The van der Waals surface area contributed by atoms with Crippen LogP contribution in [0, 0.1) is 11.8 Å². The molecule has 6 nitrogen and oxygen atoms in total. The van der Waals surface area contributed by atoms with Crippen LogP contribution >= 0.6 is 0 Å². The molecular formula is C12H21N3O3S. The maximum Gasteiger partial charge on any atom is 0.150 e. The van der Waals surface area contributed by atoms with Gasteiger partial charge in [0.15, 0.2) is 9.84 Å². The highest BCUT2D eigenvalue weighted by atomic mass is 32.2. The van der Waals surface area contributed by atoms with Crippen molar-refractivity contribution in [1.82, 2.24) is 14.8 Å². The quantitative estimate of drug-likeness (QED) is 0.840. The molecule has 7 heteroatoms. The Bertz CT molecular complexity index is 524.